The Hall–Kier alpha value is -0.610. The highest BCUT2D eigenvalue weighted by atomic mass is 16.5. The average molecular weight is 240 g/mol. The second kappa shape index (κ2) is 5.83. The van der Waals surface area contributed by atoms with Crippen molar-refractivity contribution in [3.05, 3.63) is 0 Å². The van der Waals surface area contributed by atoms with E-state index in [1.165, 1.54) is 12.8 Å². The SMILES string of the molecule is COCCC1(CNC(=O)C2CCNCC2)CC1. The van der Waals surface area contributed by atoms with Crippen molar-refractivity contribution in [3.8, 4) is 0 Å². The lowest BCUT2D eigenvalue weighted by molar-refractivity contribution is -0.126. The summed E-state index contributed by atoms with van der Waals surface area (Å²) >= 11 is 0. The summed E-state index contributed by atoms with van der Waals surface area (Å²) in [5.74, 6) is 0.490. The first-order chi connectivity index (χ1) is 8.26. The van der Waals surface area contributed by atoms with Crippen LogP contribution in [0.3, 0.4) is 0 Å². The van der Waals surface area contributed by atoms with Crippen LogP contribution in [-0.2, 0) is 9.53 Å². The third kappa shape index (κ3) is 3.68. The number of rotatable bonds is 6. The molecule has 4 heteroatoms. The lowest BCUT2D eigenvalue weighted by atomic mass is 9.96. The van der Waals surface area contributed by atoms with Gasteiger partial charge in [0.25, 0.3) is 0 Å². The maximum Gasteiger partial charge on any atom is 0.223 e. The highest BCUT2D eigenvalue weighted by molar-refractivity contribution is 5.78. The summed E-state index contributed by atoms with van der Waals surface area (Å²) in [5.41, 5.74) is 0.360. The van der Waals surface area contributed by atoms with Crippen LogP contribution in [-0.4, -0.2) is 39.3 Å². The van der Waals surface area contributed by atoms with Gasteiger partial charge in [-0.3, -0.25) is 4.79 Å². The molecule has 2 N–H and O–H groups in total. The monoisotopic (exact) mass is 240 g/mol. The Balaban J connectivity index is 1.68. The van der Waals surface area contributed by atoms with Crippen molar-refractivity contribution in [1.82, 2.24) is 10.6 Å². The number of methoxy groups -OCH3 is 1. The second-order valence-electron chi connectivity index (χ2n) is 5.48. The van der Waals surface area contributed by atoms with Gasteiger partial charge in [0.1, 0.15) is 0 Å². The summed E-state index contributed by atoms with van der Waals surface area (Å²) in [6.45, 7) is 3.61. The number of carbonyl (C=O) groups excluding carboxylic acids is 1. The normalized spacial score (nSPS) is 23.4. The van der Waals surface area contributed by atoms with Crippen molar-refractivity contribution in [1.29, 1.82) is 0 Å². The average Bonchev–Trinajstić information content (AvgIpc) is 3.15. The first-order valence-corrected chi connectivity index (χ1v) is 6.73. The van der Waals surface area contributed by atoms with E-state index in [9.17, 15) is 4.79 Å². The number of hydrogen-bond donors (Lipinski definition) is 2. The van der Waals surface area contributed by atoms with Gasteiger partial charge in [0, 0.05) is 26.2 Å². The smallest absolute Gasteiger partial charge is 0.223 e. The molecule has 0 aromatic heterocycles. The minimum atomic E-state index is 0.231. The maximum atomic E-state index is 12.0. The fourth-order valence-corrected chi connectivity index (χ4v) is 2.51. The molecule has 0 unspecified atom stereocenters. The van der Waals surface area contributed by atoms with Gasteiger partial charge in [-0.2, -0.15) is 0 Å². The van der Waals surface area contributed by atoms with Gasteiger partial charge in [0.05, 0.1) is 0 Å². The van der Waals surface area contributed by atoms with Crippen LogP contribution in [0.1, 0.15) is 32.1 Å². The number of amides is 1. The van der Waals surface area contributed by atoms with Crippen LogP contribution >= 0.6 is 0 Å². The fraction of sp³-hybridized carbons (Fsp3) is 0.923. The molecule has 0 radical (unpaired) electrons. The van der Waals surface area contributed by atoms with Crippen LogP contribution < -0.4 is 10.6 Å². The molecule has 4 nitrogen and oxygen atoms in total. The largest absolute Gasteiger partial charge is 0.385 e. The van der Waals surface area contributed by atoms with Crippen LogP contribution in [0.25, 0.3) is 0 Å². The fourth-order valence-electron chi connectivity index (χ4n) is 2.51. The molecule has 1 saturated carbocycles. The summed E-state index contributed by atoms with van der Waals surface area (Å²) in [7, 11) is 1.74. The molecule has 17 heavy (non-hydrogen) atoms. The van der Waals surface area contributed by atoms with Gasteiger partial charge in [-0.05, 0) is 50.6 Å². The van der Waals surface area contributed by atoms with Crippen molar-refractivity contribution in [2.24, 2.45) is 11.3 Å². The van der Waals surface area contributed by atoms with Gasteiger partial charge in [-0.1, -0.05) is 0 Å². The molecule has 1 saturated heterocycles. The Morgan fingerprint density at radius 3 is 2.71 bits per heavy atom. The maximum absolute atomic E-state index is 12.0. The van der Waals surface area contributed by atoms with Crippen LogP contribution in [0.15, 0.2) is 0 Å². The number of hydrogen-bond acceptors (Lipinski definition) is 3. The zero-order valence-electron chi connectivity index (χ0n) is 10.8. The van der Waals surface area contributed by atoms with E-state index in [0.717, 1.165) is 45.5 Å². The minimum Gasteiger partial charge on any atom is -0.385 e. The van der Waals surface area contributed by atoms with Gasteiger partial charge < -0.3 is 15.4 Å². The van der Waals surface area contributed by atoms with E-state index in [-0.39, 0.29) is 11.8 Å². The predicted octanol–water partition coefficient (Wildman–Crippen LogP) is 0.919. The van der Waals surface area contributed by atoms with E-state index in [1.807, 2.05) is 0 Å². The van der Waals surface area contributed by atoms with Gasteiger partial charge in [0.2, 0.25) is 5.91 Å². The zero-order valence-corrected chi connectivity index (χ0v) is 10.8. The molecular weight excluding hydrogens is 216 g/mol. The van der Waals surface area contributed by atoms with Crippen molar-refractivity contribution < 1.29 is 9.53 Å². The molecular formula is C13H24N2O2. The van der Waals surface area contributed by atoms with Gasteiger partial charge in [0.15, 0.2) is 0 Å². The number of nitrogens with one attached hydrogen (secondary N) is 2. The third-order valence-electron chi connectivity index (χ3n) is 4.14. The first-order valence-electron chi connectivity index (χ1n) is 6.73. The van der Waals surface area contributed by atoms with Crippen molar-refractivity contribution >= 4 is 5.91 Å². The van der Waals surface area contributed by atoms with Crippen molar-refractivity contribution in [3.63, 3.8) is 0 Å². The molecule has 98 valence electrons. The summed E-state index contributed by atoms with van der Waals surface area (Å²) in [6, 6.07) is 0. The lowest BCUT2D eigenvalue weighted by Gasteiger charge is -2.23. The Bertz CT molecular complexity index is 258. The van der Waals surface area contributed by atoms with E-state index in [1.54, 1.807) is 7.11 Å². The number of piperidine rings is 1. The van der Waals surface area contributed by atoms with Crippen LogP contribution in [0.2, 0.25) is 0 Å². The predicted molar refractivity (Wildman–Crippen MR) is 66.8 cm³/mol. The molecule has 0 aromatic rings. The molecule has 1 amide bonds. The van der Waals surface area contributed by atoms with E-state index in [2.05, 4.69) is 10.6 Å². The number of ether oxygens (including phenoxy) is 1. The summed E-state index contributed by atoms with van der Waals surface area (Å²) < 4.78 is 5.12. The molecule has 0 atom stereocenters. The summed E-state index contributed by atoms with van der Waals surface area (Å²) in [6.07, 6.45) is 5.52. The van der Waals surface area contributed by atoms with E-state index < -0.39 is 0 Å². The zero-order chi connectivity index (χ0) is 12.1. The first kappa shape index (κ1) is 12.8. The molecule has 0 spiro atoms. The molecule has 1 aliphatic heterocycles. The molecule has 1 aliphatic carbocycles. The molecule has 1 heterocycles. The minimum absolute atomic E-state index is 0.231. The molecule has 0 aromatic carbocycles. The Kier molecular flexibility index (Phi) is 4.40. The Morgan fingerprint density at radius 1 is 1.41 bits per heavy atom. The van der Waals surface area contributed by atoms with Gasteiger partial charge in [-0.25, -0.2) is 0 Å². The summed E-state index contributed by atoms with van der Waals surface area (Å²) in [4.78, 5) is 12.0. The van der Waals surface area contributed by atoms with Crippen LogP contribution in [0.5, 0.6) is 0 Å². The molecule has 2 aliphatic rings. The quantitative estimate of drug-likeness (QED) is 0.726. The Morgan fingerprint density at radius 2 is 2.12 bits per heavy atom. The van der Waals surface area contributed by atoms with Gasteiger partial charge >= 0.3 is 0 Å². The molecule has 0 bridgehead atoms. The Labute approximate surface area is 103 Å². The standard InChI is InChI=1S/C13H24N2O2/c1-17-9-6-13(4-5-13)10-15-12(16)11-2-7-14-8-3-11/h11,14H,2-10H2,1H3,(H,15,16). The van der Waals surface area contributed by atoms with Crippen LogP contribution in [0, 0.1) is 11.3 Å². The van der Waals surface area contributed by atoms with E-state index in [4.69, 9.17) is 4.74 Å². The number of carbonyl (C=O) groups is 1. The van der Waals surface area contributed by atoms with Crippen molar-refractivity contribution in [2.75, 3.05) is 33.4 Å². The van der Waals surface area contributed by atoms with E-state index >= 15 is 0 Å². The summed E-state index contributed by atoms with van der Waals surface area (Å²) in [5, 5.41) is 6.43. The van der Waals surface area contributed by atoms with Crippen molar-refractivity contribution in [2.45, 2.75) is 32.1 Å². The second-order valence-corrected chi connectivity index (χ2v) is 5.48. The topological polar surface area (TPSA) is 50.4 Å². The highest BCUT2D eigenvalue weighted by Gasteiger charge is 2.42. The van der Waals surface area contributed by atoms with Crippen LogP contribution in [0.4, 0.5) is 0 Å². The molecule has 2 fully saturated rings. The highest BCUT2D eigenvalue weighted by Crippen LogP contribution is 2.48. The third-order valence-corrected chi connectivity index (χ3v) is 4.14. The molecule has 2 rings (SSSR count). The lowest BCUT2D eigenvalue weighted by Crippen LogP contribution is -2.40. The van der Waals surface area contributed by atoms with E-state index in [0.29, 0.717) is 5.41 Å². The van der Waals surface area contributed by atoms with Gasteiger partial charge in [-0.15, -0.1) is 0 Å².